The average Bonchev–Trinajstić information content (AvgIpc) is 4.04. The zero-order valence-corrected chi connectivity index (χ0v) is 43.5. The molecule has 6 amide bonds. The Morgan fingerprint density at radius 2 is 1.67 bits per heavy atom. The van der Waals surface area contributed by atoms with Crippen LogP contribution in [0, 0.1) is 5.41 Å². The Balaban J connectivity index is 0.776. The maximum atomic E-state index is 14.1. The molecule has 394 valence electrons. The third-order valence-corrected chi connectivity index (χ3v) is 16.3. The van der Waals surface area contributed by atoms with E-state index >= 15 is 0 Å². The molecule has 20 nitrogen and oxygen atoms in total. The van der Waals surface area contributed by atoms with E-state index in [9.17, 15) is 38.7 Å². The number of likely N-dealkylation sites (tertiary alicyclic amines) is 1. The summed E-state index contributed by atoms with van der Waals surface area (Å²) in [6.45, 7) is 14.3. The van der Waals surface area contributed by atoms with Crippen LogP contribution in [0.25, 0.3) is 11.3 Å². The van der Waals surface area contributed by atoms with E-state index in [4.69, 9.17) is 4.98 Å². The number of amides is 6. The van der Waals surface area contributed by atoms with Crippen LogP contribution in [0.5, 0.6) is 0 Å². The zero-order chi connectivity index (χ0) is 53.5. The lowest BCUT2D eigenvalue weighted by atomic mass is 9.90. The van der Waals surface area contributed by atoms with Crippen LogP contribution in [-0.2, 0) is 47.4 Å². The Morgan fingerprint density at radius 1 is 0.882 bits per heavy atom. The van der Waals surface area contributed by atoms with Gasteiger partial charge >= 0.3 is 0 Å². The second-order valence-corrected chi connectivity index (χ2v) is 21.7. The Labute approximate surface area is 439 Å². The van der Waals surface area contributed by atoms with Crippen LogP contribution in [0.3, 0.4) is 0 Å². The van der Waals surface area contributed by atoms with Gasteiger partial charge in [0.25, 0.3) is 29.2 Å². The third kappa shape index (κ3) is 8.62. The molecule has 0 saturated carbocycles. The monoisotopic (exact) mass is 1030 g/mol. The topological polar surface area (TPSA) is 219 Å². The summed E-state index contributed by atoms with van der Waals surface area (Å²) >= 11 is 0. The molecule has 2 aromatic carbocycles. The van der Waals surface area contributed by atoms with Crippen molar-refractivity contribution in [3.05, 3.63) is 118 Å². The summed E-state index contributed by atoms with van der Waals surface area (Å²) in [7, 11) is 3.00. The minimum absolute atomic E-state index is 0.00904. The van der Waals surface area contributed by atoms with Crippen molar-refractivity contribution in [2.75, 3.05) is 71.6 Å². The summed E-state index contributed by atoms with van der Waals surface area (Å²) in [4.78, 5) is 114. The molecular weight excluding hydrogens is 969 g/mol. The molecule has 0 spiro atoms. The maximum Gasteiger partial charge on any atom is 0.293 e. The van der Waals surface area contributed by atoms with Crippen LogP contribution < -0.4 is 30.9 Å². The molecule has 6 aliphatic rings. The zero-order valence-electron chi connectivity index (χ0n) is 43.5. The van der Waals surface area contributed by atoms with E-state index in [1.165, 1.54) is 28.9 Å². The molecule has 1 unspecified atom stereocenters. The van der Waals surface area contributed by atoms with Crippen LogP contribution in [0.2, 0.25) is 0 Å². The maximum absolute atomic E-state index is 14.1. The number of nitrogens with one attached hydrogen (secondary N) is 2. The fourth-order valence-electron chi connectivity index (χ4n) is 12.4. The second kappa shape index (κ2) is 19.3. The van der Waals surface area contributed by atoms with Crippen molar-refractivity contribution in [1.29, 1.82) is 0 Å². The molecule has 3 N–H and O–H groups in total. The van der Waals surface area contributed by atoms with Gasteiger partial charge in [-0.2, -0.15) is 0 Å². The lowest BCUT2D eigenvalue weighted by molar-refractivity contribution is -0.149. The van der Waals surface area contributed by atoms with E-state index < -0.39 is 41.8 Å². The first-order chi connectivity index (χ1) is 36.4. The number of aliphatic hydroxyl groups is 1. The lowest BCUT2D eigenvalue weighted by Gasteiger charge is -2.47. The number of piperazine rings is 1. The summed E-state index contributed by atoms with van der Waals surface area (Å²) in [5.41, 5.74) is 7.12. The summed E-state index contributed by atoms with van der Waals surface area (Å²) in [6, 6.07) is 13.8. The number of nitrogens with zero attached hydrogens (tertiary/aromatic N) is 10. The first-order valence-electron chi connectivity index (χ1n) is 26.1. The summed E-state index contributed by atoms with van der Waals surface area (Å²) < 4.78 is 3.54. The second-order valence-electron chi connectivity index (χ2n) is 21.7. The highest BCUT2D eigenvalue weighted by molar-refractivity contribution is 6.25. The molecule has 5 aromatic rings. The minimum Gasteiger partial charge on any atom is -0.392 e. The Hall–Kier alpha value is -7.97. The highest BCUT2D eigenvalue weighted by Gasteiger charge is 2.48. The minimum atomic E-state index is -1.02. The number of anilines is 6. The number of likely N-dealkylation sites (N-methyl/N-ethyl adjacent to an activating group) is 1. The number of pyridine rings is 1. The Kier molecular flexibility index (Phi) is 12.8. The molecule has 8 heterocycles. The van der Waals surface area contributed by atoms with Gasteiger partial charge in [0.1, 0.15) is 17.6 Å². The molecule has 3 aromatic heterocycles. The van der Waals surface area contributed by atoms with Crippen molar-refractivity contribution in [2.45, 2.75) is 90.6 Å². The number of fused-ring (bicyclic) bond motifs is 4. The van der Waals surface area contributed by atoms with Gasteiger partial charge in [0, 0.05) is 113 Å². The highest BCUT2D eigenvalue weighted by atomic mass is 16.3. The largest absolute Gasteiger partial charge is 0.392 e. The number of carbonyl (C=O) groups is 6. The number of imide groups is 2. The molecule has 0 bridgehead atoms. The molecule has 11 rings (SSSR count). The number of carbonyl (C=O) groups excluding carboxylic acids is 6. The molecule has 76 heavy (non-hydrogen) atoms. The van der Waals surface area contributed by atoms with Crippen LogP contribution >= 0.6 is 0 Å². The van der Waals surface area contributed by atoms with E-state index in [2.05, 4.69) is 62.2 Å². The van der Waals surface area contributed by atoms with Gasteiger partial charge in [-0.15, -0.1) is 0 Å². The van der Waals surface area contributed by atoms with E-state index in [-0.39, 0.29) is 53.5 Å². The fourth-order valence-corrected chi connectivity index (χ4v) is 12.4. The number of piperidine rings is 2. The number of hydrogen-bond acceptors (Lipinski definition) is 14. The van der Waals surface area contributed by atoms with Gasteiger partial charge < -0.3 is 34.7 Å². The lowest BCUT2D eigenvalue weighted by Crippen LogP contribution is -2.57. The fraction of sp³-hybridized carbons (Fsp3) is 0.411. The van der Waals surface area contributed by atoms with Gasteiger partial charge in [-0.3, -0.25) is 53.2 Å². The van der Waals surface area contributed by atoms with Crippen molar-refractivity contribution in [2.24, 2.45) is 12.5 Å². The van der Waals surface area contributed by atoms with Crippen molar-refractivity contribution in [1.82, 2.24) is 33.8 Å². The van der Waals surface area contributed by atoms with E-state index in [1.54, 1.807) is 48.6 Å². The molecule has 3 fully saturated rings. The van der Waals surface area contributed by atoms with Crippen LogP contribution in [-0.4, -0.2) is 139 Å². The van der Waals surface area contributed by atoms with E-state index in [0.717, 1.165) is 54.3 Å². The molecular formula is C56H62N12O8. The molecule has 0 radical (unpaired) electrons. The van der Waals surface area contributed by atoms with Crippen LogP contribution in [0.4, 0.5) is 34.4 Å². The van der Waals surface area contributed by atoms with Gasteiger partial charge in [-0.1, -0.05) is 26.5 Å². The summed E-state index contributed by atoms with van der Waals surface area (Å²) in [5.74, 6) is -2.14. The van der Waals surface area contributed by atoms with Crippen LogP contribution in [0.15, 0.2) is 78.4 Å². The third-order valence-electron chi connectivity index (χ3n) is 16.3. The number of aromatic nitrogens is 4. The number of hydrogen-bond donors (Lipinski definition) is 3. The summed E-state index contributed by atoms with van der Waals surface area (Å²) in [5, 5.41) is 17.1. The number of benzene rings is 2. The Bertz CT molecular complexity index is 3350. The molecule has 1 aliphatic carbocycles. The van der Waals surface area contributed by atoms with Crippen molar-refractivity contribution in [3.63, 3.8) is 0 Å². The quantitative estimate of drug-likeness (QED) is 0.121. The van der Waals surface area contributed by atoms with Crippen molar-refractivity contribution >= 4 is 69.8 Å². The number of aliphatic hydroxyl groups excluding tert-OH is 1. The first kappa shape index (κ1) is 50.2. The van der Waals surface area contributed by atoms with Gasteiger partial charge in [0.15, 0.2) is 5.82 Å². The molecule has 20 heteroatoms. The molecule has 5 aliphatic heterocycles. The smallest absolute Gasteiger partial charge is 0.293 e. The summed E-state index contributed by atoms with van der Waals surface area (Å²) in [6.07, 6.45) is 8.02. The molecule has 2 atom stereocenters. The standard InChI is InChI=1S/C56H62N12O8/c1-7-46(70)59-39-26-34(58-49-55(76)61(5)30-40(60-49)36-15-18-57-50(38(36)31-69)67-24-23-66-44(53(67)74)25-33-27-56(3,4)28-45(33)66)11-12-41(39)65-22-21-64(29-32(65)2)35-16-19-63(20-17-35)42-10-8-9-37-48(42)54(75)68(51(37)72)43-13-14-47(71)62(6)52(43)73/h7-12,15,18,25-26,30,32,35,43,69H,1,13-14,16-17,19-24,27-29,31H2,2-6H3,(H,58,60)(H,59,70)/t32-,43?/m0/s1. The first-order valence-corrected chi connectivity index (χ1v) is 26.1. The highest BCUT2D eigenvalue weighted by Crippen LogP contribution is 2.41. The van der Waals surface area contributed by atoms with Gasteiger partial charge in [0.2, 0.25) is 11.8 Å². The van der Waals surface area contributed by atoms with E-state index in [1.807, 2.05) is 24.3 Å². The van der Waals surface area contributed by atoms with Crippen molar-refractivity contribution in [3.8, 4) is 11.3 Å². The van der Waals surface area contributed by atoms with E-state index in [0.29, 0.717) is 83.7 Å². The predicted molar refractivity (Wildman–Crippen MR) is 286 cm³/mol. The number of rotatable bonds is 11. The Morgan fingerprint density at radius 3 is 2.42 bits per heavy atom. The van der Waals surface area contributed by atoms with Gasteiger partial charge in [-0.25, -0.2) is 9.97 Å². The SMILES string of the molecule is C=CC(=O)Nc1cc(Nc2nc(-c3ccnc(N4CCn5c(cc6c5CC(C)(C)C6)C4=O)c3CO)cn(C)c2=O)ccc1N1CCN(C2CCN(c3cccc4c3C(=O)N(C3CCC(=O)N(C)C3=O)C4=O)CC2)C[C@@H]1C. The average molecular weight is 1030 g/mol. The normalized spacial score (nSPS) is 20.8. The number of aryl methyl sites for hydroxylation is 1. The molecule has 3 saturated heterocycles. The van der Waals surface area contributed by atoms with Crippen LogP contribution in [0.1, 0.15) is 94.5 Å². The van der Waals surface area contributed by atoms with Gasteiger partial charge in [0.05, 0.1) is 40.5 Å². The van der Waals surface area contributed by atoms with Gasteiger partial charge in [-0.05, 0) is 98.5 Å². The van der Waals surface area contributed by atoms with Crippen molar-refractivity contribution < 1.29 is 33.9 Å². The predicted octanol–water partition coefficient (Wildman–Crippen LogP) is 4.71.